The zero-order valence-electron chi connectivity index (χ0n) is 15.1. The molecule has 0 unspecified atom stereocenters. The Labute approximate surface area is 128 Å². The van der Waals surface area contributed by atoms with Crippen molar-refractivity contribution in [3.63, 3.8) is 0 Å². The van der Waals surface area contributed by atoms with E-state index in [1.807, 2.05) is 0 Å². The van der Waals surface area contributed by atoms with Crippen LogP contribution in [0, 0.1) is 16.2 Å². The van der Waals surface area contributed by atoms with Crippen molar-refractivity contribution in [1.82, 2.24) is 0 Å². The van der Waals surface area contributed by atoms with Gasteiger partial charge in [-0.2, -0.15) is 0 Å². The Hall–Kier alpha value is -0.780. The molecule has 0 radical (unpaired) electrons. The van der Waals surface area contributed by atoms with Gasteiger partial charge in [-0.25, -0.2) is 0 Å². The van der Waals surface area contributed by atoms with E-state index in [4.69, 9.17) is 0 Å². The van der Waals surface area contributed by atoms with Crippen LogP contribution in [-0.4, -0.2) is 0 Å². The second-order valence-electron chi connectivity index (χ2n) is 8.37. The van der Waals surface area contributed by atoms with Crippen LogP contribution in [0.5, 0.6) is 0 Å². The third-order valence-corrected chi connectivity index (χ3v) is 3.28. The van der Waals surface area contributed by atoms with Crippen molar-refractivity contribution in [2.75, 3.05) is 0 Å². The first kappa shape index (κ1) is 19.2. The van der Waals surface area contributed by atoms with Gasteiger partial charge in [0.05, 0.1) is 0 Å². The van der Waals surface area contributed by atoms with Crippen LogP contribution in [0.1, 0.15) is 74.7 Å². The summed E-state index contributed by atoms with van der Waals surface area (Å²) in [6.07, 6.45) is 17.3. The first-order valence-corrected chi connectivity index (χ1v) is 8.00. The van der Waals surface area contributed by atoms with Crippen molar-refractivity contribution in [2.24, 2.45) is 16.2 Å². The summed E-state index contributed by atoms with van der Waals surface area (Å²) in [4.78, 5) is 0. The quantitative estimate of drug-likeness (QED) is 0.442. The summed E-state index contributed by atoms with van der Waals surface area (Å²) in [5.74, 6) is 0. The fourth-order valence-electron chi connectivity index (χ4n) is 1.97. The Kier molecular flexibility index (Phi) is 7.55. The second kappa shape index (κ2) is 7.86. The van der Waals surface area contributed by atoms with Gasteiger partial charge < -0.3 is 0 Å². The maximum atomic E-state index is 2.38. The van der Waals surface area contributed by atoms with Gasteiger partial charge in [0.2, 0.25) is 0 Å². The molecule has 0 aromatic heterocycles. The molecule has 116 valence electrons. The molecule has 0 nitrogen and oxygen atoms in total. The first-order valence-electron chi connectivity index (χ1n) is 8.00. The highest BCUT2D eigenvalue weighted by Gasteiger charge is 2.15. The number of hydrogen-bond donors (Lipinski definition) is 0. The van der Waals surface area contributed by atoms with Crippen LogP contribution < -0.4 is 0 Å². The molecule has 0 aromatic carbocycles. The highest BCUT2D eigenvalue weighted by molar-refractivity contribution is 5.05. The van der Waals surface area contributed by atoms with Gasteiger partial charge in [0.25, 0.3) is 0 Å². The normalized spacial score (nSPS) is 15.0. The third-order valence-electron chi connectivity index (χ3n) is 3.28. The maximum absolute atomic E-state index is 2.38. The lowest BCUT2D eigenvalue weighted by molar-refractivity contribution is 0.461. The molecule has 0 rings (SSSR count). The molecule has 0 atom stereocenters. The van der Waals surface area contributed by atoms with E-state index in [1.54, 1.807) is 0 Å². The van der Waals surface area contributed by atoms with E-state index in [2.05, 4.69) is 91.8 Å². The van der Waals surface area contributed by atoms with E-state index >= 15 is 0 Å². The number of allylic oxidation sites excluding steroid dienone is 6. The standard InChI is InChI=1S/C20H36/c1-9-10-14-19(5,6)16-12-17-20(7,8)15-11-13-18(2,3)4/h10-14,17H,9,15-16H2,1-8H3/b13-11+,14-10+,17-12+. The van der Waals surface area contributed by atoms with Crippen molar-refractivity contribution in [3.05, 3.63) is 36.5 Å². The molecule has 0 aromatic rings. The summed E-state index contributed by atoms with van der Waals surface area (Å²) in [6.45, 7) is 18.1. The highest BCUT2D eigenvalue weighted by Crippen LogP contribution is 2.28. The Balaban J connectivity index is 4.42. The fraction of sp³-hybridized carbons (Fsp3) is 0.700. The molecule has 0 aliphatic heterocycles. The first-order chi connectivity index (χ1) is 8.97. The molecule has 0 fully saturated rings. The molecule has 0 aliphatic rings. The van der Waals surface area contributed by atoms with Crippen LogP contribution in [0.2, 0.25) is 0 Å². The Morgan fingerprint density at radius 3 is 1.40 bits per heavy atom. The van der Waals surface area contributed by atoms with Gasteiger partial charge in [-0.05, 0) is 35.5 Å². The van der Waals surface area contributed by atoms with E-state index < -0.39 is 0 Å². The smallest absolute Gasteiger partial charge is 0.0140 e. The molecule has 0 heterocycles. The largest absolute Gasteiger partial charge is 0.0883 e. The zero-order chi connectivity index (χ0) is 15.9. The molecule has 0 amide bonds. The average molecular weight is 277 g/mol. The lowest BCUT2D eigenvalue weighted by Gasteiger charge is -2.22. The molecular weight excluding hydrogens is 240 g/mol. The van der Waals surface area contributed by atoms with Crippen molar-refractivity contribution in [3.8, 4) is 0 Å². The van der Waals surface area contributed by atoms with Gasteiger partial charge in [-0.15, -0.1) is 0 Å². The average Bonchev–Trinajstić information content (AvgIpc) is 2.23. The predicted molar refractivity (Wildman–Crippen MR) is 94.0 cm³/mol. The summed E-state index contributed by atoms with van der Waals surface area (Å²) in [5.41, 5.74) is 0.795. The van der Waals surface area contributed by atoms with E-state index in [0.717, 1.165) is 19.3 Å². The summed E-state index contributed by atoms with van der Waals surface area (Å²) < 4.78 is 0. The summed E-state index contributed by atoms with van der Waals surface area (Å²) in [5, 5.41) is 0. The number of hydrogen-bond acceptors (Lipinski definition) is 0. The molecule has 0 saturated heterocycles. The lowest BCUT2D eigenvalue weighted by atomic mass is 9.84. The van der Waals surface area contributed by atoms with Crippen LogP contribution in [0.15, 0.2) is 36.5 Å². The van der Waals surface area contributed by atoms with Gasteiger partial charge >= 0.3 is 0 Å². The molecule has 0 spiro atoms. The van der Waals surface area contributed by atoms with Crippen molar-refractivity contribution >= 4 is 0 Å². The minimum Gasteiger partial charge on any atom is -0.0883 e. The van der Waals surface area contributed by atoms with Crippen molar-refractivity contribution in [2.45, 2.75) is 74.7 Å². The molecule has 20 heavy (non-hydrogen) atoms. The van der Waals surface area contributed by atoms with Crippen LogP contribution in [-0.2, 0) is 0 Å². The Morgan fingerprint density at radius 2 is 1.00 bits per heavy atom. The number of rotatable bonds is 7. The Morgan fingerprint density at radius 1 is 0.600 bits per heavy atom. The lowest BCUT2D eigenvalue weighted by Crippen LogP contribution is -2.09. The molecule has 0 saturated carbocycles. The predicted octanol–water partition coefficient (Wildman–Crippen LogP) is 6.94. The van der Waals surface area contributed by atoms with Gasteiger partial charge in [0.1, 0.15) is 0 Å². The molecule has 0 N–H and O–H groups in total. The van der Waals surface area contributed by atoms with Gasteiger partial charge in [0.15, 0.2) is 0 Å². The highest BCUT2D eigenvalue weighted by atomic mass is 14.2. The van der Waals surface area contributed by atoms with Gasteiger partial charge in [-0.3, -0.25) is 0 Å². The summed E-state index contributed by atoms with van der Waals surface area (Å²) >= 11 is 0. The molecule has 0 bridgehead atoms. The SMILES string of the molecule is CC/C=C/C(C)(C)C/C=C/C(C)(C)C/C=C/C(C)(C)C. The molecular formula is C20H36. The van der Waals surface area contributed by atoms with E-state index in [-0.39, 0.29) is 16.2 Å². The van der Waals surface area contributed by atoms with Crippen molar-refractivity contribution < 1.29 is 0 Å². The van der Waals surface area contributed by atoms with Crippen LogP contribution in [0.25, 0.3) is 0 Å². The minimum atomic E-state index is 0.242. The van der Waals surface area contributed by atoms with Crippen molar-refractivity contribution in [1.29, 1.82) is 0 Å². The summed E-state index contributed by atoms with van der Waals surface area (Å²) in [7, 11) is 0. The maximum Gasteiger partial charge on any atom is -0.0140 e. The molecule has 0 heteroatoms. The molecule has 0 aliphatic carbocycles. The summed E-state index contributed by atoms with van der Waals surface area (Å²) in [6, 6.07) is 0. The van der Waals surface area contributed by atoms with E-state index in [0.29, 0.717) is 0 Å². The third kappa shape index (κ3) is 11.1. The topological polar surface area (TPSA) is 0 Å². The zero-order valence-corrected chi connectivity index (χ0v) is 15.1. The van der Waals surface area contributed by atoms with Crippen LogP contribution >= 0.6 is 0 Å². The second-order valence-corrected chi connectivity index (χ2v) is 8.37. The van der Waals surface area contributed by atoms with Crippen LogP contribution in [0.3, 0.4) is 0 Å². The minimum absolute atomic E-state index is 0.242. The van der Waals surface area contributed by atoms with E-state index in [9.17, 15) is 0 Å². The van der Waals surface area contributed by atoms with Gasteiger partial charge in [0, 0.05) is 0 Å². The van der Waals surface area contributed by atoms with Gasteiger partial charge in [-0.1, -0.05) is 91.8 Å². The van der Waals surface area contributed by atoms with E-state index in [1.165, 1.54) is 0 Å². The Bertz CT molecular complexity index is 343. The monoisotopic (exact) mass is 276 g/mol. The fourth-order valence-corrected chi connectivity index (χ4v) is 1.97. The van der Waals surface area contributed by atoms with Crippen LogP contribution in [0.4, 0.5) is 0 Å².